The third-order valence-corrected chi connectivity index (χ3v) is 9.31. The van der Waals surface area contributed by atoms with E-state index in [1.165, 1.54) is 0 Å². The molecule has 5 aromatic rings. The first-order valence-electron chi connectivity index (χ1n) is 16.3. The number of rotatable bonds is 16. The molecule has 2 unspecified atom stereocenters. The van der Waals surface area contributed by atoms with Gasteiger partial charge in [-0.2, -0.15) is 0 Å². The van der Waals surface area contributed by atoms with Crippen LogP contribution in [0.25, 0.3) is 0 Å². The van der Waals surface area contributed by atoms with Gasteiger partial charge < -0.3 is 28.4 Å². The summed E-state index contributed by atoms with van der Waals surface area (Å²) in [6, 6.07) is 48.8. The van der Waals surface area contributed by atoms with Crippen molar-refractivity contribution in [1.29, 1.82) is 0 Å². The molecule has 5 aromatic carbocycles. The molecule has 0 aromatic heterocycles. The first-order chi connectivity index (χ1) is 23.7. The van der Waals surface area contributed by atoms with E-state index in [1.807, 2.05) is 97.1 Å². The molecule has 0 aliphatic carbocycles. The van der Waals surface area contributed by atoms with E-state index < -0.39 is 29.9 Å². The monoisotopic (exact) mass is 662 g/mol. The second-order valence-electron chi connectivity index (χ2n) is 11.6. The van der Waals surface area contributed by atoms with Crippen molar-refractivity contribution in [3.8, 4) is 5.75 Å². The van der Waals surface area contributed by atoms with Crippen LogP contribution in [0.1, 0.15) is 22.3 Å². The molecule has 48 heavy (non-hydrogen) atoms. The Morgan fingerprint density at radius 2 is 0.958 bits per heavy atom. The SMILES string of the molecule is COc1ccc(COC2[C@H](Sc3ccccc3)OC(COCc3ccccc3)[C@H](OCc3ccccc3)[C@H]2OCc2ccccc2)cc1. The summed E-state index contributed by atoms with van der Waals surface area (Å²) in [6.45, 7) is 1.97. The van der Waals surface area contributed by atoms with Gasteiger partial charge in [0.25, 0.3) is 0 Å². The van der Waals surface area contributed by atoms with Crippen molar-refractivity contribution in [3.63, 3.8) is 0 Å². The maximum absolute atomic E-state index is 6.94. The highest BCUT2D eigenvalue weighted by atomic mass is 32.2. The van der Waals surface area contributed by atoms with Crippen LogP contribution in [0.3, 0.4) is 0 Å². The normalized spacial score (nSPS) is 20.7. The molecule has 0 radical (unpaired) electrons. The largest absolute Gasteiger partial charge is 0.497 e. The molecule has 248 valence electrons. The van der Waals surface area contributed by atoms with Gasteiger partial charge in [0, 0.05) is 4.90 Å². The second kappa shape index (κ2) is 18.0. The van der Waals surface area contributed by atoms with Crippen molar-refractivity contribution in [2.75, 3.05) is 13.7 Å². The van der Waals surface area contributed by atoms with Gasteiger partial charge in [-0.15, -0.1) is 0 Å². The van der Waals surface area contributed by atoms with Crippen LogP contribution in [-0.4, -0.2) is 43.6 Å². The topological polar surface area (TPSA) is 55.4 Å². The molecule has 5 atom stereocenters. The highest BCUT2D eigenvalue weighted by Gasteiger charge is 2.49. The molecule has 0 N–H and O–H groups in total. The maximum atomic E-state index is 6.94. The number of benzene rings is 5. The lowest BCUT2D eigenvalue weighted by Crippen LogP contribution is -2.60. The molecule has 1 aliphatic heterocycles. The van der Waals surface area contributed by atoms with Gasteiger partial charge in [0.2, 0.25) is 0 Å². The Hall–Kier alpha value is -3.95. The third kappa shape index (κ3) is 9.80. The summed E-state index contributed by atoms with van der Waals surface area (Å²) in [5, 5.41) is 0. The summed E-state index contributed by atoms with van der Waals surface area (Å²) in [5.41, 5.74) is 3.87. The Bertz CT molecular complexity index is 1610. The lowest BCUT2D eigenvalue weighted by Gasteiger charge is -2.46. The summed E-state index contributed by atoms with van der Waals surface area (Å²) in [4.78, 5) is 1.08. The zero-order chi connectivity index (χ0) is 32.8. The number of hydrogen-bond acceptors (Lipinski definition) is 7. The fourth-order valence-corrected chi connectivity index (χ4v) is 6.77. The quantitative estimate of drug-likeness (QED) is 0.105. The van der Waals surface area contributed by atoms with Gasteiger partial charge in [-0.1, -0.05) is 133 Å². The number of hydrogen-bond donors (Lipinski definition) is 0. The van der Waals surface area contributed by atoms with Crippen LogP contribution in [0.15, 0.2) is 150 Å². The Morgan fingerprint density at radius 1 is 0.500 bits per heavy atom. The minimum Gasteiger partial charge on any atom is -0.497 e. The van der Waals surface area contributed by atoms with Crippen molar-refractivity contribution in [1.82, 2.24) is 0 Å². The first kappa shape index (κ1) is 33.9. The molecular weight excluding hydrogens is 621 g/mol. The van der Waals surface area contributed by atoms with Gasteiger partial charge in [-0.3, -0.25) is 0 Å². The molecule has 0 saturated carbocycles. The smallest absolute Gasteiger partial charge is 0.137 e. The molecule has 0 spiro atoms. The highest BCUT2D eigenvalue weighted by Crippen LogP contribution is 2.38. The van der Waals surface area contributed by atoms with Gasteiger partial charge in [0.15, 0.2) is 0 Å². The van der Waals surface area contributed by atoms with Crippen LogP contribution in [0.5, 0.6) is 5.75 Å². The molecule has 6 nitrogen and oxygen atoms in total. The Balaban J connectivity index is 1.31. The van der Waals surface area contributed by atoms with E-state index in [9.17, 15) is 0 Å². The number of thioether (sulfide) groups is 1. The molecule has 0 bridgehead atoms. The van der Waals surface area contributed by atoms with Crippen LogP contribution < -0.4 is 4.74 Å². The Morgan fingerprint density at radius 3 is 1.50 bits per heavy atom. The molecule has 1 saturated heterocycles. The van der Waals surface area contributed by atoms with E-state index in [0.717, 1.165) is 32.9 Å². The molecule has 0 amide bonds. The predicted molar refractivity (Wildman–Crippen MR) is 189 cm³/mol. The predicted octanol–water partition coefficient (Wildman–Crippen LogP) is 8.49. The van der Waals surface area contributed by atoms with E-state index >= 15 is 0 Å². The lowest BCUT2D eigenvalue weighted by atomic mass is 9.98. The molecule has 1 fully saturated rings. The molecule has 1 heterocycles. The fraction of sp³-hybridized carbons (Fsp3) is 0.268. The van der Waals surface area contributed by atoms with E-state index in [0.29, 0.717) is 33.0 Å². The highest BCUT2D eigenvalue weighted by molar-refractivity contribution is 7.99. The van der Waals surface area contributed by atoms with E-state index in [4.69, 9.17) is 28.4 Å². The fourth-order valence-electron chi connectivity index (χ4n) is 5.62. The van der Waals surface area contributed by atoms with Crippen LogP contribution in [-0.2, 0) is 50.1 Å². The standard InChI is InChI=1S/C41H42O6S/c1-42-35-24-22-34(23-25-35)29-46-40-39(45-28-33-18-10-4-11-19-33)38(44-27-32-16-8-3-9-17-32)37(30-43-26-31-14-6-2-7-15-31)47-41(40)48-36-20-12-5-13-21-36/h2-25,37-41H,26-30H2,1H3/t37?,38-,39+,40?,41-/m0/s1. The van der Waals surface area contributed by atoms with Gasteiger partial charge in [0.1, 0.15) is 35.6 Å². The summed E-state index contributed by atoms with van der Waals surface area (Å²) in [6.07, 6.45) is -1.82. The van der Waals surface area contributed by atoms with Crippen molar-refractivity contribution < 1.29 is 28.4 Å². The third-order valence-electron chi connectivity index (χ3n) is 8.15. The van der Waals surface area contributed by atoms with Crippen molar-refractivity contribution >= 4 is 11.8 Å². The van der Waals surface area contributed by atoms with Gasteiger partial charge in [-0.05, 0) is 46.5 Å². The van der Waals surface area contributed by atoms with Gasteiger partial charge >= 0.3 is 0 Å². The molecule has 7 heteroatoms. The zero-order valence-electron chi connectivity index (χ0n) is 27.1. The Kier molecular flexibility index (Phi) is 12.7. The van der Waals surface area contributed by atoms with E-state index in [1.54, 1.807) is 18.9 Å². The van der Waals surface area contributed by atoms with Crippen LogP contribution >= 0.6 is 11.8 Å². The average Bonchev–Trinajstić information content (AvgIpc) is 3.15. The van der Waals surface area contributed by atoms with Gasteiger partial charge in [-0.25, -0.2) is 0 Å². The van der Waals surface area contributed by atoms with E-state index in [-0.39, 0.29) is 0 Å². The minimum atomic E-state index is -0.474. The van der Waals surface area contributed by atoms with Crippen molar-refractivity contribution in [3.05, 3.63) is 168 Å². The van der Waals surface area contributed by atoms with Crippen LogP contribution in [0, 0.1) is 0 Å². The average molecular weight is 663 g/mol. The molecular formula is C41H42O6S. The number of ether oxygens (including phenoxy) is 6. The van der Waals surface area contributed by atoms with Gasteiger partial charge in [0.05, 0.1) is 40.1 Å². The summed E-state index contributed by atoms with van der Waals surface area (Å²) in [5.74, 6) is 0.800. The maximum Gasteiger partial charge on any atom is 0.137 e. The summed E-state index contributed by atoms with van der Waals surface area (Å²) >= 11 is 1.63. The van der Waals surface area contributed by atoms with E-state index in [2.05, 4.69) is 48.5 Å². The first-order valence-corrected chi connectivity index (χ1v) is 17.2. The number of methoxy groups -OCH3 is 1. The molecule has 1 aliphatic rings. The summed E-state index contributed by atoms with van der Waals surface area (Å²) < 4.78 is 39.0. The minimum absolute atomic E-state index is 0.330. The second-order valence-corrected chi connectivity index (χ2v) is 12.8. The van der Waals surface area contributed by atoms with Crippen molar-refractivity contribution in [2.24, 2.45) is 0 Å². The Labute approximate surface area is 287 Å². The molecule has 6 rings (SSSR count). The van der Waals surface area contributed by atoms with Crippen LogP contribution in [0.2, 0.25) is 0 Å². The van der Waals surface area contributed by atoms with Crippen LogP contribution in [0.4, 0.5) is 0 Å². The zero-order valence-corrected chi connectivity index (χ0v) is 28.0. The summed E-state index contributed by atoms with van der Waals surface area (Å²) in [7, 11) is 1.67. The van der Waals surface area contributed by atoms with Crippen molar-refractivity contribution in [2.45, 2.75) is 61.2 Å². The lowest BCUT2D eigenvalue weighted by molar-refractivity contribution is -0.254.